The number of carbonyl (C=O) groups excluding carboxylic acids is 3. The Morgan fingerprint density at radius 3 is 2.38 bits per heavy atom. The van der Waals surface area contributed by atoms with Gasteiger partial charge in [0.25, 0.3) is 18.3 Å². The minimum atomic E-state index is -1.15. The molecule has 2 atom stereocenters. The van der Waals surface area contributed by atoms with Crippen LogP contribution in [0.3, 0.4) is 0 Å². The number of benzene rings is 2. The van der Waals surface area contributed by atoms with Crippen LogP contribution in [0.15, 0.2) is 36.5 Å². The molecular formula is C29H31ClF2N6O7. The second-order valence-corrected chi connectivity index (χ2v) is 10.6. The fourth-order valence-corrected chi connectivity index (χ4v) is 5.40. The zero-order chi connectivity index (χ0) is 32.8. The van der Waals surface area contributed by atoms with Crippen LogP contribution in [-0.4, -0.2) is 106 Å². The zero-order valence-electron chi connectivity index (χ0n) is 24.3. The Hall–Kier alpha value is -4.60. The summed E-state index contributed by atoms with van der Waals surface area (Å²) in [7, 11) is 2.72. The van der Waals surface area contributed by atoms with Crippen molar-refractivity contribution >= 4 is 41.5 Å². The number of imidazole rings is 1. The van der Waals surface area contributed by atoms with Gasteiger partial charge < -0.3 is 40.0 Å². The third-order valence-corrected chi connectivity index (χ3v) is 7.79. The van der Waals surface area contributed by atoms with Gasteiger partial charge in [-0.05, 0) is 36.8 Å². The first kappa shape index (κ1) is 33.3. The summed E-state index contributed by atoms with van der Waals surface area (Å²) in [6.07, 6.45) is 1.10. The topological polar surface area (TPSA) is 166 Å². The van der Waals surface area contributed by atoms with Crippen LogP contribution < -0.4 is 15.4 Å². The number of aliphatic hydroxyl groups is 1. The number of ether oxygens (including phenoxy) is 1. The molecule has 45 heavy (non-hydrogen) atoms. The normalized spacial score (nSPS) is 17.7. The van der Waals surface area contributed by atoms with Gasteiger partial charge >= 0.3 is 0 Å². The molecule has 2 fully saturated rings. The number of hydrogen-bond donors (Lipinski definition) is 4. The van der Waals surface area contributed by atoms with Gasteiger partial charge in [0.15, 0.2) is 17.4 Å². The van der Waals surface area contributed by atoms with Crippen molar-refractivity contribution in [3.8, 4) is 17.0 Å². The summed E-state index contributed by atoms with van der Waals surface area (Å²) in [4.78, 5) is 54.5. The van der Waals surface area contributed by atoms with E-state index in [1.165, 1.54) is 55.3 Å². The van der Waals surface area contributed by atoms with Crippen LogP contribution in [0.2, 0.25) is 5.02 Å². The standard InChI is InChI=1S/C28H29ClF2N6O5.CH2O2/c1-35-21(18-5-6-22(42-2)24(31)23(18)30)14-33-25(35)26(39)34-15-3-4-17(19(29)11-15)27(40)36-7-9-37(10-8-36)28(41)20-12-16(38)13-32-20;2-1-3/h3-6,11,14,16,20,32,38H,7-10,12-13H2,1-2H3,(H,34,39);1H,(H,2,3)/t16-,20-;/m1./s1. The summed E-state index contributed by atoms with van der Waals surface area (Å²) in [5.74, 6) is -3.60. The van der Waals surface area contributed by atoms with E-state index >= 15 is 0 Å². The Morgan fingerprint density at radius 2 is 1.78 bits per heavy atom. The average Bonchev–Trinajstić information content (AvgIpc) is 3.63. The van der Waals surface area contributed by atoms with Crippen LogP contribution in [0.1, 0.15) is 27.4 Å². The van der Waals surface area contributed by atoms with E-state index in [4.69, 9.17) is 26.2 Å². The number of anilines is 1. The fraction of sp³-hybridized carbons (Fsp3) is 0.345. The number of methoxy groups -OCH3 is 1. The van der Waals surface area contributed by atoms with E-state index < -0.39 is 29.7 Å². The Morgan fingerprint density at radius 1 is 1.11 bits per heavy atom. The van der Waals surface area contributed by atoms with Crippen molar-refractivity contribution in [3.63, 3.8) is 0 Å². The summed E-state index contributed by atoms with van der Waals surface area (Å²) in [6, 6.07) is 6.67. The lowest BCUT2D eigenvalue weighted by molar-refractivity contribution is -0.134. The average molecular weight is 649 g/mol. The molecule has 0 aliphatic carbocycles. The van der Waals surface area contributed by atoms with Crippen molar-refractivity contribution in [1.82, 2.24) is 24.7 Å². The SMILES string of the molecule is COc1ccc(-c2cnc(C(=O)Nc3ccc(C(=O)N4CCN(C(=O)[C@H]5C[C@@H](O)CN5)CC4)c(Cl)c3)n2C)c(F)c1F.O=CO. The maximum atomic E-state index is 14.6. The van der Waals surface area contributed by atoms with E-state index in [0.29, 0.717) is 44.8 Å². The molecule has 2 saturated heterocycles. The van der Waals surface area contributed by atoms with Gasteiger partial charge in [0.2, 0.25) is 11.7 Å². The minimum Gasteiger partial charge on any atom is -0.494 e. The van der Waals surface area contributed by atoms with Gasteiger partial charge in [-0.3, -0.25) is 19.2 Å². The third-order valence-electron chi connectivity index (χ3n) is 7.48. The van der Waals surface area contributed by atoms with E-state index in [9.17, 15) is 28.3 Å². The van der Waals surface area contributed by atoms with E-state index in [2.05, 4.69) is 15.6 Å². The van der Waals surface area contributed by atoms with Crippen molar-refractivity contribution in [3.05, 3.63) is 64.6 Å². The van der Waals surface area contributed by atoms with E-state index in [-0.39, 0.29) is 51.7 Å². The predicted octanol–water partition coefficient (Wildman–Crippen LogP) is 1.99. The van der Waals surface area contributed by atoms with Crippen LogP contribution in [-0.2, 0) is 16.6 Å². The lowest BCUT2D eigenvalue weighted by Crippen LogP contribution is -2.54. The number of aliphatic hydroxyl groups excluding tert-OH is 1. The number of β-amino-alcohol motifs (C(OH)–C–C–N with tert-alkyl or cyclic N) is 1. The first-order chi connectivity index (χ1) is 21.5. The Balaban J connectivity index is 0.00000148. The first-order valence-electron chi connectivity index (χ1n) is 13.7. The molecule has 2 aliphatic heterocycles. The van der Waals surface area contributed by atoms with Crippen LogP contribution in [0.5, 0.6) is 5.75 Å². The molecule has 2 aliphatic rings. The largest absolute Gasteiger partial charge is 0.494 e. The van der Waals surface area contributed by atoms with Crippen molar-refractivity contribution in [2.45, 2.75) is 18.6 Å². The molecule has 5 rings (SSSR count). The molecule has 3 amide bonds. The number of piperazine rings is 1. The highest BCUT2D eigenvalue weighted by Crippen LogP contribution is 2.30. The molecule has 1 aromatic heterocycles. The molecule has 13 nitrogen and oxygen atoms in total. The van der Waals surface area contributed by atoms with Crippen LogP contribution in [0.4, 0.5) is 14.5 Å². The second kappa shape index (κ2) is 14.5. The zero-order valence-corrected chi connectivity index (χ0v) is 25.1. The lowest BCUT2D eigenvalue weighted by atomic mass is 10.1. The molecule has 0 bridgehead atoms. The number of carboxylic acid groups (broad SMARTS) is 1. The maximum absolute atomic E-state index is 14.6. The lowest BCUT2D eigenvalue weighted by Gasteiger charge is -2.36. The van der Waals surface area contributed by atoms with E-state index in [1.807, 2.05) is 0 Å². The summed E-state index contributed by atoms with van der Waals surface area (Å²) in [6.45, 7) is 1.52. The Bertz CT molecular complexity index is 1600. The quantitative estimate of drug-likeness (QED) is 0.292. The number of nitrogens with one attached hydrogen (secondary N) is 2. The minimum absolute atomic E-state index is 0.0633. The van der Waals surface area contributed by atoms with Crippen LogP contribution in [0.25, 0.3) is 11.3 Å². The van der Waals surface area contributed by atoms with Gasteiger partial charge in [-0.15, -0.1) is 0 Å². The Labute approximate surface area is 261 Å². The van der Waals surface area contributed by atoms with E-state index in [1.54, 1.807) is 9.80 Å². The number of rotatable bonds is 6. The third kappa shape index (κ3) is 7.21. The number of hydrogen-bond acceptors (Lipinski definition) is 8. The number of nitrogens with zero attached hydrogens (tertiary/aromatic N) is 4. The number of halogens is 3. The van der Waals surface area contributed by atoms with Gasteiger partial charge in [-0.1, -0.05) is 11.6 Å². The smallest absolute Gasteiger partial charge is 0.291 e. The molecule has 240 valence electrons. The first-order valence-corrected chi connectivity index (χ1v) is 14.1. The molecule has 0 unspecified atom stereocenters. The predicted molar refractivity (Wildman–Crippen MR) is 158 cm³/mol. The number of aromatic nitrogens is 2. The molecule has 0 spiro atoms. The van der Waals surface area contributed by atoms with Crippen molar-refractivity contribution in [1.29, 1.82) is 0 Å². The molecule has 0 radical (unpaired) electrons. The summed E-state index contributed by atoms with van der Waals surface area (Å²) < 4.78 is 35.0. The maximum Gasteiger partial charge on any atom is 0.291 e. The van der Waals surface area contributed by atoms with Gasteiger partial charge in [-0.25, -0.2) is 9.37 Å². The van der Waals surface area contributed by atoms with E-state index in [0.717, 1.165) is 0 Å². The highest BCUT2D eigenvalue weighted by Gasteiger charge is 2.34. The second-order valence-electron chi connectivity index (χ2n) is 10.2. The highest BCUT2D eigenvalue weighted by atomic mass is 35.5. The molecular weight excluding hydrogens is 618 g/mol. The molecule has 0 saturated carbocycles. The molecule has 3 aromatic rings. The molecule has 4 N–H and O–H groups in total. The fourth-order valence-electron chi connectivity index (χ4n) is 5.14. The Kier molecular flexibility index (Phi) is 10.7. The van der Waals surface area contributed by atoms with Gasteiger partial charge in [-0.2, -0.15) is 4.39 Å². The number of carbonyl (C=O) groups is 4. The number of amides is 3. The van der Waals surface area contributed by atoms with Gasteiger partial charge in [0, 0.05) is 51.0 Å². The highest BCUT2D eigenvalue weighted by molar-refractivity contribution is 6.34. The van der Waals surface area contributed by atoms with Crippen molar-refractivity contribution in [2.24, 2.45) is 7.05 Å². The molecule has 3 heterocycles. The monoisotopic (exact) mass is 648 g/mol. The molecule has 16 heteroatoms. The van der Waals surface area contributed by atoms with Gasteiger partial charge in [0.05, 0.1) is 41.7 Å². The summed E-state index contributed by atoms with van der Waals surface area (Å²) in [5.41, 5.74) is 0.630. The van der Waals surface area contributed by atoms with Crippen LogP contribution in [0, 0.1) is 11.6 Å². The van der Waals surface area contributed by atoms with Gasteiger partial charge in [0.1, 0.15) is 0 Å². The van der Waals surface area contributed by atoms with Crippen molar-refractivity contribution < 1.29 is 42.9 Å². The molecule has 2 aromatic carbocycles. The summed E-state index contributed by atoms with van der Waals surface area (Å²) in [5, 5.41) is 22.4. The van der Waals surface area contributed by atoms with Crippen molar-refractivity contribution in [2.75, 3.05) is 45.2 Å². The van der Waals surface area contributed by atoms with Crippen LogP contribution >= 0.6 is 11.6 Å². The summed E-state index contributed by atoms with van der Waals surface area (Å²) >= 11 is 6.42.